The monoisotopic (exact) mass is 266 g/mol. The summed E-state index contributed by atoms with van der Waals surface area (Å²) in [5.74, 6) is 2.29. The second-order valence-corrected chi connectivity index (χ2v) is 5.78. The molecule has 1 amide bonds. The highest BCUT2D eigenvalue weighted by atomic mass is 32.2. The number of hydrogen-bond acceptors (Lipinski definition) is 3. The van der Waals surface area contributed by atoms with Crippen molar-refractivity contribution in [3.63, 3.8) is 0 Å². The number of amides is 1. The Balaban J connectivity index is 2.63. The van der Waals surface area contributed by atoms with Crippen LogP contribution >= 0.6 is 11.8 Å². The normalized spacial score (nSPS) is 12.2. The second-order valence-electron chi connectivity index (χ2n) is 4.39. The molecule has 0 saturated heterocycles. The molecule has 0 radical (unpaired) electrons. The topological polar surface area (TPSA) is 33.2 Å². The Morgan fingerprint density at radius 3 is 2.89 bits per heavy atom. The molecule has 0 N–H and O–H groups in total. The van der Waals surface area contributed by atoms with Gasteiger partial charge in [-0.2, -0.15) is 11.8 Å². The van der Waals surface area contributed by atoms with Crippen LogP contribution in [-0.4, -0.2) is 40.4 Å². The van der Waals surface area contributed by atoms with Crippen LogP contribution in [0.3, 0.4) is 0 Å². The third-order valence-electron chi connectivity index (χ3n) is 3.10. The molecule has 0 spiro atoms. The number of hydrogen-bond donors (Lipinski definition) is 0. The van der Waals surface area contributed by atoms with Crippen LogP contribution in [0.5, 0.6) is 0 Å². The summed E-state index contributed by atoms with van der Waals surface area (Å²) in [6.45, 7) is 6.13. The first-order valence-corrected chi connectivity index (χ1v) is 7.50. The van der Waals surface area contributed by atoms with E-state index in [4.69, 9.17) is 0 Å². The van der Waals surface area contributed by atoms with Crippen molar-refractivity contribution in [3.05, 3.63) is 29.6 Å². The Hall–Kier alpha value is -1.03. The zero-order chi connectivity index (χ0) is 13.5. The Kier molecular flexibility index (Phi) is 6.19. The molecule has 1 unspecified atom stereocenters. The standard InChI is InChI=1S/C14H22N2OS/c1-5-18-10-8-11(2)16(4)14(17)13-7-6-9-15-12(13)3/h6-7,9,11H,5,8,10H2,1-4H3. The van der Waals surface area contributed by atoms with Gasteiger partial charge in [0.15, 0.2) is 0 Å². The van der Waals surface area contributed by atoms with Gasteiger partial charge in [0.2, 0.25) is 0 Å². The van der Waals surface area contributed by atoms with Gasteiger partial charge in [0.1, 0.15) is 0 Å². The average Bonchev–Trinajstić information content (AvgIpc) is 2.38. The molecule has 1 aromatic rings. The van der Waals surface area contributed by atoms with E-state index in [-0.39, 0.29) is 11.9 Å². The van der Waals surface area contributed by atoms with Crippen LogP contribution in [-0.2, 0) is 0 Å². The van der Waals surface area contributed by atoms with Crippen molar-refractivity contribution in [3.8, 4) is 0 Å². The summed E-state index contributed by atoms with van der Waals surface area (Å²) in [5.41, 5.74) is 1.50. The van der Waals surface area contributed by atoms with Crippen molar-refractivity contribution in [1.29, 1.82) is 0 Å². The first-order valence-electron chi connectivity index (χ1n) is 6.34. The summed E-state index contributed by atoms with van der Waals surface area (Å²) in [5, 5.41) is 0. The van der Waals surface area contributed by atoms with E-state index in [9.17, 15) is 4.79 Å². The van der Waals surface area contributed by atoms with E-state index >= 15 is 0 Å². The van der Waals surface area contributed by atoms with Crippen LogP contribution < -0.4 is 0 Å². The van der Waals surface area contributed by atoms with Crippen molar-refractivity contribution >= 4 is 17.7 Å². The lowest BCUT2D eigenvalue weighted by molar-refractivity contribution is 0.0740. The molecular formula is C14H22N2OS. The van der Waals surface area contributed by atoms with E-state index in [1.165, 1.54) is 0 Å². The van der Waals surface area contributed by atoms with Crippen LogP contribution in [0.4, 0.5) is 0 Å². The van der Waals surface area contributed by atoms with E-state index in [0.717, 1.165) is 23.6 Å². The number of aryl methyl sites for hydroxylation is 1. The maximum absolute atomic E-state index is 12.3. The third kappa shape index (κ3) is 4.02. The van der Waals surface area contributed by atoms with Crippen LogP contribution in [0.2, 0.25) is 0 Å². The highest BCUT2D eigenvalue weighted by Gasteiger charge is 2.18. The smallest absolute Gasteiger partial charge is 0.255 e. The van der Waals surface area contributed by atoms with Gasteiger partial charge >= 0.3 is 0 Å². The molecular weight excluding hydrogens is 244 g/mol. The fraction of sp³-hybridized carbons (Fsp3) is 0.571. The molecule has 0 saturated carbocycles. The summed E-state index contributed by atoms with van der Waals surface area (Å²) >= 11 is 1.91. The van der Waals surface area contributed by atoms with E-state index in [0.29, 0.717) is 5.56 Å². The van der Waals surface area contributed by atoms with Gasteiger partial charge in [-0.25, -0.2) is 0 Å². The van der Waals surface area contributed by atoms with E-state index < -0.39 is 0 Å². The third-order valence-corrected chi connectivity index (χ3v) is 4.04. The largest absolute Gasteiger partial charge is 0.339 e. The van der Waals surface area contributed by atoms with Crippen LogP contribution in [0.25, 0.3) is 0 Å². The van der Waals surface area contributed by atoms with E-state index in [1.54, 1.807) is 6.20 Å². The fourth-order valence-electron chi connectivity index (χ4n) is 1.69. The maximum atomic E-state index is 12.3. The molecule has 100 valence electrons. The first-order chi connectivity index (χ1) is 8.57. The van der Waals surface area contributed by atoms with Gasteiger partial charge in [0, 0.05) is 25.0 Å². The van der Waals surface area contributed by atoms with Crippen molar-refractivity contribution < 1.29 is 4.79 Å². The molecule has 3 nitrogen and oxygen atoms in total. The summed E-state index contributed by atoms with van der Waals surface area (Å²) in [4.78, 5) is 18.3. The highest BCUT2D eigenvalue weighted by Crippen LogP contribution is 2.13. The molecule has 1 heterocycles. The molecule has 1 atom stereocenters. The minimum Gasteiger partial charge on any atom is -0.339 e. The molecule has 0 aliphatic carbocycles. The second kappa shape index (κ2) is 7.41. The van der Waals surface area contributed by atoms with Gasteiger partial charge < -0.3 is 4.90 Å². The number of carbonyl (C=O) groups is 1. The number of rotatable bonds is 6. The molecule has 1 aromatic heterocycles. The predicted octanol–water partition coefficient (Wildman–Crippen LogP) is 2.99. The number of nitrogens with zero attached hydrogens (tertiary/aromatic N) is 2. The molecule has 0 fully saturated rings. The SMILES string of the molecule is CCSCCC(C)N(C)C(=O)c1cccnc1C. The fourth-order valence-corrected chi connectivity index (χ4v) is 2.49. The lowest BCUT2D eigenvalue weighted by Crippen LogP contribution is -2.35. The summed E-state index contributed by atoms with van der Waals surface area (Å²) in [6.07, 6.45) is 2.74. The van der Waals surface area contributed by atoms with E-state index in [1.807, 2.05) is 42.8 Å². The highest BCUT2D eigenvalue weighted by molar-refractivity contribution is 7.99. The van der Waals surface area contributed by atoms with Gasteiger partial charge in [-0.1, -0.05) is 6.92 Å². The Labute approximate surface area is 114 Å². The minimum absolute atomic E-state index is 0.0644. The molecule has 1 rings (SSSR count). The Bertz CT molecular complexity index is 395. The number of thioether (sulfide) groups is 1. The van der Waals surface area contributed by atoms with E-state index in [2.05, 4.69) is 18.8 Å². The van der Waals surface area contributed by atoms with Crippen molar-refractivity contribution in [2.24, 2.45) is 0 Å². The van der Waals surface area contributed by atoms with Crippen LogP contribution in [0.1, 0.15) is 36.3 Å². The predicted molar refractivity (Wildman–Crippen MR) is 78.1 cm³/mol. The molecule has 0 bridgehead atoms. The van der Waals surface area contributed by atoms with Gasteiger partial charge in [-0.05, 0) is 43.9 Å². The Morgan fingerprint density at radius 2 is 2.28 bits per heavy atom. The summed E-state index contributed by atoms with van der Waals surface area (Å²) < 4.78 is 0. The maximum Gasteiger partial charge on any atom is 0.255 e. The number of carbonyl (C=O) groups excluding carboxylic acids is 1. The van der Waals surface area contributed by atoms with Crippen molar-refractivity contribution in [2.45, 2.75) is 33.2 Å². The van der Waals surface area contributed by atoms with Gasteiger partial charge in [0.05, 0.1) is 5.56 Å². The zero-order valence-corrected chi connectivity index (χ0v) is 12.5. The molecule has 4 heteroatoms. The molecule has 18 heavy (non-hydrogen) atoms. The Morgan fingerprint density at radius 1 is 1.56 bits per heavy atom. The average molecular weight is 266 g/mol. The zero-order valence-electron chi connectivity index (χ0n) is 11.6. The summed E-state index contributed by atoms with van der Waals surface area (Å²) in [6, 6.07) is 3.91. The lowest BCUT2D eigenvalue weighted by atomic mass is 10.1. The van der Waals surface area contributed by atoms with Crippen LogP contribution in [0.15, 0.2) is 18.3 Å². The van der Waals surface area contributed by atoms with Gasteiger partial charge in [-0.3, -0.25) is 9.78 Å². The molecule has 0 aromatic carbocycles. The lowest BCUT2D eigenvalue weighted by Gasteiger charge is -2.25. The van der Waals surface area contributed by atoms with Crippen LogP contribution in [0, 0.1) is 6.92 Å². The van der Waals surface area contributed by atoms with Gasteiger partial charge in [-0.15, -0.1) is 0 Å². The quantitative estimate of drug-likeness (QED) is 0.742. The molecule has 0 aliphatic heterocycles. The van der Waals surface area contributed by atoms with Crippen molar-refractivity contribution in [1.82, 2.24) is 9.88 Å². The van der Waals surface area contributed by atoms with Crippen molar-refractivity contribution in [2.75, 3.05) is 18.6 Å². The first kappa shape index (κ1) is 15.0. The summed E-state index contributed by atoms with van der Waals surface area (Å²) in [7, 11) is 1.87. The van der Waals surface area contributed by atoms with Gasteiger partial charge in [0.25, 0.3) is 5.91 Å². The molecule has 0 aliphatic rings. The number of aromatic nitrogens is 1. The number of pyridine rings is 1. The minimum atomic E-state index is 0.0644.